The lowest BCUT2D eigenvalue weighted by atomic mass is 10.2. The van der Waals surface area contributed by atoms with Crippen molar-refractivity contribution < 1.29 is 9.59 Å². The van der Waals surface area contributed by atoms with Gasteiger partial charge in [-0.05, 0) is 42.8 Å². The summed E-state index contributed by atoms with van der Waals surface area (Å²) in [7, 11) is 3.43. The van der Waals surface area contributed by atoms with E-state index < -0.39 is 0 Å². The van der Waals surface area contributed by atoms with E-state index in [9.17, 15) is 9.59 Å². The van der Waals surface area contributed by atoms with E-state index in [1.165, 1.54) is 4.90 Å². The smallest absolute Gasteiger partial charge is 0.319 e. The van der Waals surface area contributed by atoms with Crippen molar-refractivity contribution in [2.75, 3.05) is 26.0 Å². The molecule has 0 aliphatic carbocycles. The van der Waals surface area contributed by atoms with Gasteiger partial charge < -0.3 is 20.1 Å². The van der Waals surface area contributed by atoms with E-state index in [0.29, 0.717) is 29.4 Å². The zero-order valence-corrected chi connectivity index (χ0v) is 16.7. The van der Waals surface area contributed by atoms with Crippen LogP contribution in [0.4, 0.5) is 10.5 Å². The average Bonchev–Trinajstić information content (AvgIpc) is 3.06. The predicted octanol–water partition coefficient (Wildman–Crippen LogP) is 3.52. The highest BCUT2D eigenvalue weighted by Gasteiger charge is 2.11. The fourth-order valence-corrected chi connectivity index (χ4v) is 2.95. The molecule has 0 saturated carbocycles. The van der Waals surface area contributed by atoms with E-state index in [0.717, 1.165) is 16.6 Å². The normalized spacial score (nSPS) is 10.7. The highest BCUT2D eigenvalue weighted by atomic mass is 35.5. The van der Waals surface area contributed by atoms with Gasteiger partial charge in [-0.25, -0.2) is 9.78 Å². The molecule has 0 spiro atoms. The zero-order chi connectivity index (χ0) is 20.3. The summed E-state index contributed by atoms with van der Waals surface area (Å²) in [6, 6.07) is 10.5. The quantitative estimate of drug-likeness (QED) is 0.688. The topological polar surface area (TPSA) is 79.3 Å². The van der Waals surface area contributed by atoms with E-state index >= 15 is 0 Å². The van der Waals surface area contributed by atoms with Gasteiger partial charge in [0.2, 0.25) is 0 Å². The van der Waals surface area contributed by atoms with Gasteiger partial charge in [-0.15, -0.1) is 0 Å². The van der Waals surface area contributed by atoms with E-state index in [1.54, 1.807) is 44.7 Å². The molecular formula is C20H22ClN5O2. The SMILES string of the molecule is Cc1ccc(NC(=O)NCCn2cnc3cc(C(=O)N(C)C)ccc32)cc1Cl. The summed E-state index contributed by atoms with van der Waals surface area (Å²) in [5.41, 5.74) is 3.83. The Kier molecular flexibility index (Phi) is 5.84. The maximum absolute atomic E-state index is 12.1. The molecule has 1 heterocycles. The van der Waals surface area contributed by atoms with Gasteiger partial charge in [-0.1, -0.05) is 17.7 Å². The molecule has 2 aromatic carbocycles. The number of amides is 3. The summed E-state index contributed by atoms with van der Waals surface area (Å²) < 4.78 is 1.93. The van der Waals surface area contributed by atoms with Crippen LogP contribution in [0.1, 0.15) is 15.9 Å². The molecule has 0 bridgehead atoms. The van der Waals surface area contributed by atoms with Gasteiger partial charge in [-0.3, -0.25) is 4.79 Å². The third-order valence-electron chi connectivity index (χ3n) is 4.34. The Morgan fingerprint density at radius 1 is 1.18 bits per heavy atom. The first-order valence-corrected chi connectivity index (χ1v) is 9.20. The molecule has 0 atom stereocenters. The van der Waals surface area contributed by atoms with Crippen LogP contribution in [0.3, 0.4) is 0 Å². The lowest BCUT2D eigenvalue weighted by Crippen LogP contribution is -2.31. The summed E-state index contributed by atoms with van der Waals surface area (Å²) in [6.45, 7) is 2.88. The standard InChI is InChI=1S/C20H22ClN5O2/c1-13-4-6-15(11-16(13)21)24-20(28)22-8-9-26-12-23-17-10-14(5-7-18(17)26)19(27)25(2)3/h4-7,10-12H,8-9H2,1-3H3,(H2,22,24,28). The number of nitrogens with one attached hydrogen (secondary N) is 2. The number of urea groups is 1. The Balaban J connectivity index is 1.58. The Labute approximate surface area is 168 Å². The Hall–Kier alpha value is -3.06. The van der Waals surface area contributed by atoms with Gasteiger partial charge >= 0.3 is 6.03 Å². The highest BCUT2D eigenvalue weighted by Crippen LogP contribution is 2.20. The largest absolute Gasteiger partial charge is 0.345 e. The van der Waals surface area contributed by atoms with Crippen LogP contribution < -0.4 is 10.6 Å². The number of hydrogen-bond donors (Lipinski definition) is 2. The molecule has 0 radical (unpaired) electrons. The van der Waals surface area contributed by atoms with Gasteiger partial charge in [0.1, 0.15) is 0 Å². The van der Waals surface area contributed by atoms with Crippen LogP contribution in [0.5, 0.6) is 0 Å². The molecular weight excluding hydrogens is 378 g/mol. The summed E-state index contributed by atoms with van der Waals surface area (Å²) >= 11 is 6.07. The molecule has 2 N–H and O–H groups in total. The summed E-state index contributed by atoms with van der Waals surface area (Å²) in [5.74, 6) is -0.0639. The number of fused-ring (bicyclic) bond motifs is 1. The van der Waals surface area contributed by atoms with Crippen LogP contribution in [0.25, 0.3) is 11.0 Å². The lowest BCUT2D eigenvalue weighted by molar-refractivity contribution is 0.0827. The predicted molar refractivity (Wildman–Crippen MR) is 111 cm³/mol. The Morgan fingerprint density at radius 2 is 1.96 bits per heavy atom. The van der Waals surface area contributed by atoms with E-state index in [1.807, 2.05) is 23.6 Å². The van der Waals surface area contributed by atoms with Gasteiger partial charge in [-0.2, -0.15) is 0 Å². The molecule has 7 nitrogen and oxygen atoms in total. The maximum Gasteiger partial charge on any atom is 0.319 e. The van der Waals surface area contributed by atoms with E-state index in [-0.39, 0.29) is 11.9 Å². The maximum atomic E-state index is 12.1. The second kappa shape index (κ2) is 8.31. The van der Waals surface area contributed by atoms with Crippen molar-refractivity contribution in [2.24, 2.45) is 0 Å². The molecule has 3 amide bonds. The van der Waals surface area contributed by atoms with Crippen molar-refractivity contribution in [3.05, 3.63) is 58.9 Å². The second-order valence-electron chi connectivity index (χ2n) is 6.69. The fourth-order valence-electron chi connectivity index (χ4n) is 2.77. The van der Waals surface area contributed by atoms with Crippen molar-refractivity contribution >= 4 is 40.3 Å². The van der Waals surface area contributed by atoms with Crippen LogP contribution in [0.2, 0.25) is 5.02 Å². The van der Waals surface area contributed by atoms with E-state index in [4.69, 9.17) is 11.6 Å². The monoisotopic (exact) mass is 399 g/mol. The first-order chi connectivity index (χ1) is 13.3. The van der Waals surface area contributed by atoms with Crippen LogP contribution in [-0.4, -0.2) is 47.0 Å². The molecule has 0 aliphatic heterocycles. The number of carbonyl (C=O) groups is 2. The molecule has 0 unspecified atom stereocenters. The number of hydrogen-bond acceptors (Lipinski definition) is 3. The Morgan fingerprint density at radius 3 is 2.68 bits per heavy atom. The summed E-state index contributed by atoms with van der Waals surface area (Å²) in [5, 5.41) is 6.17. The first-order valence-electron chi connectivity index (χ1n) is 8.82. The fraction of sp³-hybridized carbons (Fsp3) is 0.250. The number of anilines is 1. The van der Waals surface area contributed by atoms with Gasteiger partial charge in [0, 0.05) is 43.5 Å². The molecule has 8 heteroatoms. The van der Waals surface area contributed by atoms with Crippen molar-refractivity contribution in [3.8, 4) is 0 Å². The molecule has 28 heavy (non-hydrogen) atoms. The molecule has 0 fully saturated rings. The minimum absolute atomic E-state index is 0.0639. The molecule has 3 rings (SSSR count). The van der Waals surface area contributed by atoms with Crippen LogP contribution in [-0.2, 0) is 6.54 Å². The summed E-state index contributed by atoms with van der Waals surface area (Å²) in [4.78, 5) is 30.0. The minimum Gasteiger partial charge on any atom is -0.345 e. The number of aryl methyl sites for hydroxylation is 1. The number of imidazole rings is 1. The molecule has 0 aliphatic rings. The summed E-state index contributed by atoms with van der Waals surface area (Å²) in [6.07, 6.45) is 1.70. The van der Waals surface area contributed by atoms with E-state index in [2.05, 4.69) is 15.6 Å². The van der Waals surface area contributed by atoms with Crippen LogP contribution in [0.15, 0.2) is 42.7 Å². The zero-order valence-electron chi connectivity index (χ0n) is 16.0. The molecule has 146 valence electrons. The van der Waals surface area contributed by atoms with Crippen molar-refractivity contribution in [3.63, 3.8) is 0 Å². The average molecular weight is 400 g/mol. The highest BCUT2D eigenvalue weighted by molar-refractivity contribution is 6.31. The minimum atomic E-state index is -0.303. The van der Waals surface area contributed by atoms with Crippen LogP contribution in [0, 0.1) is 6.92 Å². The van der Waals surface area contributed by atoms with Crippen LogP contribution >= 0.6 is 11.6 Å². The number of aromatic nitrogens is 2. The number of halogens is 1. The molecule has 0 saturated heterocycles. The molecule has 3 aromatic rings. The number of carbonyl (C=O) groups excluding carboxylic acids is 2. The number of benzene rings is 2. The van der Waals surface area contributed by atoms with Crippen molar-refractivity contribution in [1.29, 1.82) is 0 Å². The third-order valence-corrected chi connectivity index (χ3v) is 4.75. The second-order valence-corrected chi connectivity index (χ2v) is 7.09. The number of nitrogens with zero attached hydrogens (tertiary/aromatic N) is 3. The number of rotatable bonds is 5. The lowest BCUT2D eigenvalue weighted by Gasteiger charge is -2.11. The first kappa shape index (κ1) is 19.7. The van der Waals surface area contributed by atoms with Gasteiger partial charge in [0.15, 0.2) is 0 Å². The van der Waals surface area contributed by atoms with Crippen molar-refractivity contribution in [2.45, 2.75) is 13.5 Å². The molecule has 1 aromatic heterocycles. The third kappa shape index (κ3) is 4.43. The Bertz CT molecular complexity index is 1030. The van der Waals surface area contributed by atoms with Crippen molar-refractivity contribution in [1.82, 2.24) is 19.8 Å². The van der Waals surface area contributed by atoms with Gasteiger partial charge in [0.25, 0.3) is 5.91 Å². The van der Waals surface area contributed by atoms with Gasteiger partial charge in [0.05, 0.1) is 17.4 Å².